The van der Waals surface area contributed by atoms with E-state index in [0.29, 0.717) is 5.92 Å². The zero-order valence-corrected chi connectivity index (χ0v) is 15.1. The molecule has 2 aromatic rings. The number of aryl methyl sites for hydroxylation is 1. The maximum Gasteiger partial charge on any atom is 0.225 e. The van der Waals surface area contributed by atoms with Gasteiger partial charge >= 0.3 is 0 Å². The van der Waals surface area contributed by atoms with Gasteiger partial charge in [0.15, 0.2) is 0 Å². The fourth-order valence-electron chi connectivity index (χ4n) is 3.24. The van der Waals surface area contributed by atoms with Crippen LogP contribution < -0.4 is 0 Å². The number of hydrogen-bond acceptors (Lipinski definition) is 4. The van der Waals surface area contributed by atoms with Gasteiger partial charge in [-0.15, -0.1) is 11.3 Å². The van der Waals surface area contributed by atoms with Gasteiger partial charge in [-0.25, -0.2) is 4.98 Å². The third-order valence-corrected chi connectivity index (χ3v) is 5.85. The second-order valence-corrected chi connectivity index (χ2v) is 7.69. The molecule has 1 unspecified atom stereocenters. The van der Waals surface area contributed by atoms with Crippen LogP contribution in [0.3, 0.4) is 0 Å². The van der Waals surface area contributed by atoms with E-state index < -0.39 is 5.60 Å². The van der Waals surface area contributed by atoms with Crippen LogP contribution in [0.2, 0.25) is 0 Å². The summed E-state index contributed by atoms with van der Waals surface area (Å²) in [5.41, 5.74) is 0.737. The molecule has 1 aliphatic heterocycles. The predicted molar refractivity (Wildman–Crippen MR) is 96.0 cm³/mol. The van der Waals surface area contributed by atoms with E-state index in [2.05, 4.69) is 10.4 Å². The second kappa shape index (κ2) is 7.03. The molecule has 3 rings (SSSR count). The van der Waals surface area contributed by atoms with Crippen molar-refractivity contribution in [2.75, 3.05) is 13.1 Å². The third kappa shape index (κ3) is 3.84. The number of benzene rings is 1. The number of carbonyl (C=O) groups is 1. The molecule has 0 bridgehead atoms. The molecule has 24 heavy (non-hydrogen) atoms. The molecule has 5 heteroatoms. The van der Waals surface area contributed by atoms with E-state index in [0.717, 1.165) is 37.2 Å². The number of aromatic nitrogens is 1. The number of likely N-dealkylation sites (tertiary alicyclic amines) is 1. The van der Waals surface area contributed by atoms with E-state index in [1.807, 2.05) is 42.2 Å². The number of nitrogens with zero attached hydrogens (tertiary/aromatic N) is 2. The molecule has 1 aromatic carbocycles. The summed E-state index contributed by atoms with van der Waals surface area (Å²) < 4.78 is 0. The molecule has 0 aliphatic carbocycles. The van der Waals surface area contributed by atoms with Crippen LogP contribution in [-0.2, 0) is 10.4 Å². The molecule has 0 radical (unpaired) electrons. The first kappa shape index (κ1) is 17.1. The number of thiazole rings is 1. The van der Waals surface area contributed by atoms with Crippen molar-refractivity contribution in [2.45, 2.75) is 44.6 Å². The summed E-state index contributed by atoms with van der Waals surface area (Å²) in [7, 11) is 0. The minimum absolute atomic E-state index is 0.0256. The third-order valence-electron chi connectivity index (χ3n) is 4.72. The van der Waals surface area contributed by atoms with Crippen molar-refractivity contribution in [3.63, 3.8) is 0 Å². The molecule has 1 fully saturated rings. The summed E-state index contributed by atoms with van der Waals surface area (Å²) in [4.78, 5) is 19.0. The van der Waals surface area contributed by atoms with Gasteiger partial charge in [0, 0.05) is 30.1 Å². The maximum absolute atomic E-state index is 12.6. The lowest BCUT2D eigenvalue weighted by atomic mass is 9.91. The molecule has 1 atom stereocenters. The van der Waals surface area contributed by atoms with Gasteiger partial charge in [0.25, 0.3) is 0 Å². The van der Waals surface area contributed by atoms with Gasteiger partial charge in [-0.1, -0.05) is 30.3 Å². The summed E-state index contributed by atoms with van der Waals surface area (Å²) in [5, 5.41) is 13.9. The van der Waals surface area contributed by atoms with Crippen molar-refractivity contribution < 1.29 is 9.90 Å². The zero-order chi connectivity index (χ0) is 17.2. The van der Waals surface area contributed by atoms with E-state index in [4.69, 9.17) is 0 Å². The lowest BCUT2D eigenvalue weighted by Gasteiger charge is -2.33. The van der Waals surface area contributed by atoms with Crippen LogP contribution in [0, 0.1) is 6.92 Å². The summed E-state index contributed by atoms with van der Waals surface area (Å²) in [6.07, 6.45) is 2.02. The summed E-state index contributed by atoms with van der Waals surface area (Å²) in [6.45, 7) is 5.22. The minimum Gasteiger partial charge on any atom is -0.385 e. The Kier molecular flexibility index (Phi) is 5.01. The van der Waals surface area contributed by atoms with Gasteiger partial charge in [-0.3, -0.25) is 4.79 Å². The van der Waals surface area contributed by atoms with E-state index in [1.54, 1.807) is 18.3 Å². The van der Waals surface area contributed by atoms with Gasteiger partial charge < -0.3 is 10.0 Å². The van der Waals surface area contributed by atoms with E-state index in [-0.39, 0.29) is 12.3 Å². The smallest absolute Gasteiger partial charge is 0.225 e. The van der Waals surface area contributed by atoms with Crippen molar-refractivity contribution in [2.24, 2.45) is 0 Å². The second-order valence-electron chi connectivity index (χ2n) is 6.80. The predicted octanol–water partition coefficient (Wildman–Crippen LogP) is 3.46. The number of rotatable bonds is 4. The Morgan fingerprint density at radius 3 is 2.58 bits per heavy atom. The van der Waals surface area contributed by atoms with Gasteiger partial charge in [0.05, 0.1) is 17.0 Å². The fraction of sp³-hybridized carbons (Fsp3) is 0.474. The topological polar surface area (TPSA) is 53.4 Å². The standard InChI is InChI=1S/C19H24N2O2S/c1-14-13-24-18(20-14)15-8-10-21(11-9-15)17(22)12-19(2,23)16-6-4-3-5-7-16/h3-7,13,15,23H,8-12H2,1-2H3. The normalized spacial score (nSPS) is 18.4. The maximum atomic E-state index is 12.6. The molecule has 1 aromatic heterocycles. The lowest BCUT2D eigenvalue weighted by Crippen LogP contribution is -2.41. The van der Waals surface area contributed by atoms with Crippen molar-refractivity contribution in [1.29, 1.82) is 0 Å². The Labute approximate surface area is 147 Å². The van der Waals surface area contributed by atoms with Crippen LogP contribution in [0.15, 0.2) is 35.7 Å². The van der Waals surface area contributed by atoms with Crippen LogP contribution in [0.4, 0.5) is 0 Å². The van der Waals surface area contributed by atoms with Gasteiger partial charge in [-0.2, -0.15) is 0 Å². The van der Waals surface area contributed by atoms with Gasteiger partial charge in [-0.05, 0) is 32.3 Å². The van der Waals surface area contributed by atoms with Crippen LogP contribution in [0.1, 0.15) is 48.4 Å². The van der Waals surface area contributed by atoms with Crippen LogP contribution >= 0.6 is 11.3 Å². The molecule has 1 N–H and O–H groups in total. The highest BCUT2D eigenvalue weighted by molar-refractivity contribution is 7.09. The first-order chi connectivity index (χ1) is 11.5. The fourth-order valence-corrected chi connectivity index (χ4v) is 4.21. The number of aliphatic hydroxyl groups is 1. The van der Waals surface area contributed by atoms with Gasteiger partial charge in [0.1, 0.15) is 0 Å². The lowest BCUT2D eigenvalue weighted by molar-refractivity contribution is -0.137. The van der Waals surface area contributed by atoms with Crippen molar-refractivity contribution >= 4 is 17.2 Å². The highest BCUT2D eigenvalue weighted by Crippen LogP contribution is 2.31. The highest BCUT2D eigenvalue weighted by Gasteiger charge is 2.31. The van der Waals surface area contributed by atoms with Crippen molar-refractivity contribution in [3.05, 3.63) is 52.0 Å². The average molecular weight is 344 g/mol. The van der Waals surface area contributed by atoms with Crippen LogP contribution in [0.5, 0.6) is 0 Å². The largest absolute Gasteiger partial charge is 0.385 e. The van der Waals surface area contributed by atoms with E-state index in [1.165, 1.54) is 5.01 Å². The summed E-state index contributed by atoms with van der Waals surface area (Å²) in [5.74, 6) is 0.486. The molecule has 1 amide bonds. The first-order valence-electron chi connectivity index (χ1n) is 8.43. The van der Waals surface area contributed by atoms with Crippen LogP contribution in [0.25, 0.3) is 0 Å². The van der Waals surface area contributed by atoms with Gasteiger partial charge in [0.2, 0.25) is 5.91 Å². The Morgan fingerprint density at radius 1 is 1.33 bits per heavy atom. The Balaban J connectivity index is 1.57. The Bertz CT molecular complexity index is 688. The molecule has 1 saturated heterocycles. The Hall–Kier alpha value is -1.72. The molecule has 2 heterocycles. The average Bonchev–Trinajstić information content (AvgIpc) is 3.02. The van der Waals surface area contributed by atoms with E-state index in [9.17, 15) is 9.90 Å². The molecule has 1 aliphatic rings. The minimum atomic E-state index is -1.12. The quantitative estimate of drug-likeness (QED) is 0.924. The molecular formula is C19H24N2O2S. The molecule has 4 nitrogen and oxygen atoms in total. The number of amides is 1. The Morgan fingerprint density at radius 2 is 2.00 bits per heavy atom. The summed E-state index contributed by atoms with van der Waals surface area (Å²) >= 11 is 1.72. The molecular weight excluding hydrogens is 320 g/mol. The first-order valence-corrected chi connectivity index (χ1v) is 9.31. The van der Waals surface area contributed by atoms with Crippen molar-refractivity contribution in [3.8, 4) is 0 Å². The van der Waals surface area contributed by atoms with Crippen molar-refractivity contribution in [1.82, 2.24) is 9.88 Å². The molecule has 0 saturated carbocycles. The SMILES string of the molecule is Cc1csc(C2CCN(C(=O)CC(C)(O)c3ccccc3)CC2)n1. The number of piperidine rings is 1. The van der Waals surface area contributed by atoms with E-state index >= 15 is 0 Å². The summed E-state index contributed by atoms with van der Waals surface area (Å²) in [6, 6.07) is 9.41. The zero-order valence-electron chi connectivity index (χ0n) is 14.2. The van der Waals surface area contributed by atoms with Crippen LogP contribution in [-0.4, -0.2) is 34.0 Å². The highest BCUT2D eigenvalue weighted by atomic mass is 32.1. The number of carbonyl (C=O) groups excluding carboxylic acids is 1. The monoisotopic (exact) mass is 344 g/mol. The number of hydrogen-bond donors (Lipinski definition) is 1. The molecule has 128 valence electrons. The molecule has 0 spiro atoms.